The van der Waals surface area contributed by atoms with Crippen LogP contribution in [-0.2, 0) is 20.9 Å². The molecule has 11 nitrogen and oxygen atoms in total. The first-order valence-corrected chi connectivity index (χ1v) is 10.3. The van der Waals surface area contributed by atoms with Gasteiger partial charge in [0.25, 0.3) is 5.91 Å². The van der Waals surface area contributed by atoms with Crippen LogP contribution < -0.4 is 16.4 Å². The summed E-state index contributed by atoms with van der Waals surface area (Å²) in [6, 6.07) is 11.6. The Bertz CT molecular complexity index is 1210. The zero-order valence-corrected chi connectivity index (χ0v) is 18.5. The van der Waals surface area contributed by atoms with E-state index in [9.17, 15) is 19.2 Å². The summed E-state index contributed by atoms with van der Waals surface area (Å²) < 4.78 is 1.36. The van der Waals surface area contributed by atoms with E-state index in [2.05, 4.69) is 20.7 Å². The highest BCUT2D eigenvalue weighted by Crippen LogP contribution is 2.18. The lowest BCUT2D eigenvalue weighted by atomic mass is 10.2. The van der Waals surface area contributed by atoms with E-state index in [4.69, 9.17) is 17.3 Å². The van der Waals surface area contributed by atoms with Crippen molar-refractivity contribution in [3.8, 4) is 0 Å². The van der Waals surface area contributed by atoms with Crippen molar-refractivity contribution in [1.29, 1.82) is 0 Å². The van der Waals surface area contributed by atoms with Crippen LogP contribution >= 0.6 is 11.6 Å². The molecule has 0 bridgehead atoms. The van der Waals surface area contributed by atoms with Gasteiger partial charge in [0.15, 0.2) is 5.69 Å². The Kier molecular flexibility index (Phi) is 7.57. The summed E-state index contributed by atoms with van der Waals surface area (Å²) >= 11 is 5.84. The molecule has 0 unspecified atom stereocenters. The van der Waals surface area contributed by atoms with Crippen LogP contribution in [0.15, 0.2) is 42.5 Å². The molecule has 4 amide bonds. The molecule has 33 heavy (non-hydrogen) atoms. The fraction of sp³-hybridized carbons (Fsp3) is 0.238. The van der Waals surface area contributed by atoms with Gasteiger partial charge in [-0.1, -0.05) is 35.9 Å². The summed E-state index contributed by atoms with van der Waals surface area (Å²) in [5, 5.41) is 10.1. The summed E-state index contributed by atoms with van der Waals surface area (Å²) in [5.41, 5.74) is 6.01. The molecule has 0 atom stereocenters. The first-order chi connectivity index (χ1) is 15.7. The monoisotopic (exact) mass is 471 g/mol. The second kappa shape index (κ2) is 10.6. The first kappa shape index (κ1) is 23.7. The molecule has 0 aliphatic rings. The maximum absolute atomic E-state index is 13.1. The van der Waals surface area contributed by atoms with Gasteiger partial charge in [0.2, 0.25) is 17.7 Å². The lowest BCUT2D eigenvalue weighted by Crippen LogP contribution is -2.44. The van der Waals surface area contributed by atoms with Crippen molar-refractivity contribution in [2.24, 2.45) is 5.73 Å². The number of anilines is 1. The molecular formula is C21H22ClN7O4. The van der Waals surface area contributed by atoms with Gasteiger partial charge in [-0.05, 0) is 18.2 Å². The molecule has 0 fully saturated rings. The van der Waals surface area contributed by atoms with E-state index in [-0.39, 0.29) is 48.8 Å². The van der Waals surface area contributed by atoms with E-state index in [0.29, 0.717) is 10.9 Å². The highest BCUT2D eigenvalue weighted by molar-refractivity contribution is 6.29. The number of benzene rings is 1. The van der Waals surface area contributed by atoms with Crippen molar-refractivity contribution >= 4 is 52.0 Å². The van der Waals surface area contributed by atoms with Crippen LogP contribution in [0.5, 0.6) is 0 Å². The van der Waals surface area contributed by atoms with Crippen LogP contribution in [0, 0.1) is 0 Å². The molecule has 3 aromatic rings. The van der Waals surface area contributed by atoms with Crippen molar-refractivity contribution in [3.63, 3.8) is 0 Å². The molecule has 0 radical (unpaired) electrons. The number of rotatable bonds is 9. The number of fused-ring (bicyclic) bond motifs is 1. The molecule has 2 aromatic heterocycles. The van der Waals surface area contributed by atoms with Gasteiger partial charge in [-0.25, -0.2) is 4.98 Å². The Balaban J connectivity index is 1.77. The molecule has 1 aromatic carbocycles. The van der Waals surface area contributed by atoms with E-state index in [0.717, 1.165) is 0 Å². The summed E-state index contributed by atoms with van der Waals surface area (Å²) in [4.78, 5) is 53.8. The maximum atomic E-state index is 13.1. The molecule has 0 aliphatic heterocycles. The predicted octanol–water partition coefficient (Wildman–Crippen LogP) is 0.787. The Hall–Kier alpha value is -3.99. The molecule has 0 spiro atoms. The Morgan fingerprint density at radius 2 is 1.88 bits per heavy atom. The lowest BCUT2D eigenvalue weighted by Gasteiger charge is -2.22. The number of carbonyl (C=O) groups excluding carboxylic acids is 4. The van der Waals surface area contributed by atoms with Crippen LogP contribution in [-0.4, -0.2) is 62.9 Å². The van der Waals surface area contributed by atoms with Crippen molar-refractivity contribution in [3.05, 3.63) is 53.3 Å². The van der Waals surface area contributed by atoms with Crippen molar-refractivity contribution in [2.45, 2.75) is 13.5 Å². The molecule has 0 saturated heterocycles. The van der Waals surface area contributed by atoms with E-state index < -0.39 is 17.7 Å². The smallest absolute Gasteiger partial charge is 0.269 e. The first-order valence-electron chi connectivity index (χ1n) is 9.94. The Labute approximate surface area is 193 Å². The Morgan fingerprint density at radius 1 is 1.12 bits per heavy atom. The van der Waals surface area contributed by atoms with Gasteiger partial charge in [-0.3, -0.25) is 23.9 Å². The fourth-order valence-corrected chi connectivity index (χ4v) is 3.31. The number of nitrogens with one attached hydrogen (secondary N) is 2. The average Bonchev–Trinajstić information content (AvgIpc) is 3.11. The number of nitrogens with two attached hydrogens (primary N) is 1. The number of nitrogens with zero attached hydrogens (tertiary/aromatic N) is 4. The zero-order chi connectivity index (χ0) is 24.0. The largest absolute Gasteiger partial charge is 0.364 e. The molecule has 12 heteroatoms. The number of pyridine rings is 1. The number of carbonyl (C=O) groups is 4. The molecule has 4 N–H and O–H groups in total. The predicted molar refractivity (Wildman–Crippen MR) is 121 cm³/mol. The van der Waals surface area contributed by atoms with Crippen molar-refractivity contribution in [1.82, 2.24) is 25.0 Å². The maximum Gasteiger partial charge on any atom is 0.269 e. The van der Waals surface area contributed by atoms with Crippen molar-refractivity contribution < 1.29 is 19.2 Å². The van der Waals surface area contributed by atoms with Crippen LogP contribution in [0.3, 0.4) is 0 Å². The van der Waals surface area contributed by atoms with Crippen LogP contribution in [0.2, 0.25) is 5.15 Å². The molecular weight excluding hydrogens is 450 g/mol. The van der Waals surface area contributed by atoms with E-state index in [1.807, 2.05) is 0 Å². The summed E-state index contributed by atoms with van der Waals surface area (Å²) in [6.07, 6.45) is 0. The Morgan fingerprint density at radius 3 is 2.58 bits per heavy atom. The number of hydrogen-bond acceptors (Lipinski definition) is 6. The third-order valence-electron chi connectivity index (χ3n) is 4.60. The van der Waals surface area contributed by atoms with Gasteiger partial charge in [-0.15, -0.1) is 0 Å². The SMILES string of the molecule is CC(=O)NCCN(CC(=O)Nc1cccc(Cl)n1)C(=O)Cn1nc(C(N)=O)c2ccccc21. The topological polar surface area (TPSA) is 152 Å². The number of halogens is 1. The highest BCUT2D eigenvalue weighted by atomic mass is 35.5. The van der Waals surface area contributed by atoms with Crippen LogP contribution in [0.4, 0.5) is 5.82 Å². The number of aromatic nitrogens is 3. The van der Waals surface area contributed by atoms with Crippen LogP contribution in [0.25, 0.3) is 10.9 Å². The highest BCUT2D eigenvalue weighted by Gasteiger charge is 2.21. The molecule has 172 valence electrons. The van der Waals surface area contributed by atoms with Gasteiger partial charge in [0, 0.05) is 25.4 Å². The summed E-state index contributed by atoms with van der Waals surface area (Å²) in [7, 11) is 0. The molecule has 0 aliphatic carbocycles. The lowest BCUT2D eigenvalue weighted by molar-refractivity contribution is -0.135. The van der Waals surface area contributed by atoms with Crippen LogP contribution in [0.1, 0.15) is 17.4 Å². The molecule has 2 heterocycles. The number of para-hydroxylation sites is 1. The zero-order valence-electron chi connectivity index (χ0n) is 17.7. The second-order valence-corrected chi connectivity index (χ2v) is 7.47. The average molecular weight is 472 g/mol. The molecule has 3 rings (SSSR count). The summed E-state index contributed by atoms with van der Waals surface area (Å²) in [5.74, 6) is -1.68. The third kappa shape index (κ3) is 6.26. The minimum atomic E-state index is -0.715. The third-order valence-corrected chi connectivity index (χ3v) is 4.81. The minimum absolute atomic E-state index is 0.0490. The van der Waals surface area contributed by atoms with Gasteiger partial charge in [-0.2, -0.15) is 5.10 Å². The minimum Gasteiger partial charge on any atom is -0.364 e. The second-order valence-electron chi connectivity index (χ2n) is 7.08. The molecule has 0 saturated carbocycles. The van der Waals surface area contributed by atoms with Crippen molar-refractivity contribution in [2.75, 3.05) is 25.0 Å². The van der Waals surface area contributed by atoms with Gasteiger partial charge in [0.05, 0.1) is 5.52 Å². The normalized spacial score (nSPS) is 10.6. The van der Waals surface area contributed by atoms with Gasteiger partial charge in [0.1, 0.15) is 24.1 Å². The summed E-state index contributed by atoms with van der Waals surface area (Å²) in [6.45, 7) is 1.04. The number of primary amides is 1. The van der Waals surface area contributed by atoms with Gasteiger partial charge < -0.3 is 21.3 Å². The van der Waals surface area contributed by atoms with Gasteiger partial charge >= 0.3 is 0 Å². The van der Waals surface area contributed by atoms with E-state index >= 15 is 0 Å². The number of hydrogen-bond donors (Lipinski definition) is 3. The quantitative estimate of drug-likeness (QED) is 0.392. The van der Waals surface area contributed by atoms with E-state index in [1.165, 1.54) is 16.5 Å². The van der Waals surface area contributed by atoms with E-state index in [1.54, 1.807) is 42.5 Å². The standard InChI is InChI=1S/C21H22ClN7O4/c1-13(30)24-9-10-28(11-18(31)26-17-8-4-7-16(22)25-17)19(32)12-29-15-6-3-2-5-14(15)20(27-29)21(23)33/h2-8H,9-12H2,1H3,(H2,23,33)(H,24,30)(H,25,26,31). The fourth-order valence-electron chi connectivity index (χ4n) is 3.15. The number of amides is 4.